The number of carbonyl (C=O) groups excluding carboxylic acids is 1. The lowest BCUT2D eigenvalue weighted by atomic mass is 10.3. The van der Waals surface area contributed by atoms with Gasteiger partial charge >= 0.3 is 6.09 Å². The second-order valence-electron chi connectivity index (χ2n) is 5.09. The maximum atomic E-state index is 11.9. The summed E-state index contributed by atoms with van der Waals surface area (Å²) in [6.45, 7) is 6.87. The van der Waals surface area contributed by atoms with E-state index in [4.69, 9.17) is 10.5 Å². The summed E-state index contributed by atoms with van der Waals surface area (Å²) in [5.41, 5.74) is 7.75. The van der Waals surface area contributed by atoms with Gasteiger partial charge in [0, 0.05) is 18.8 Å². The predicted molar refractivity (Wildman–Crippen MR) is 92.9 cm³/mol. The molecule has 0 aliphatic carbocycles. The molecular formula is C17H21N5O2. The van der Waals surface area contributed by atoms with Crippen molar-refractivity contribution in [1.29, 1.82) is 0 Å². The molecule has 2 aromatic rings. The van der Waals surface area contributed by atoms with Crippen molar-refractivity contribution in [3.63, 3.8) is 0 Å². The summed E-state index contributed by atoms with van der Waals surface area (Å²) in [5.74, 6) is 0.797. The van der Waals surface area contributed by atoms with E-state index in [-0.39, 0.29) is 6.09 Å². The van der Waals surface area contributed by atoms with Gasteiger partial charge in [-0.3, -0.25) is 0 Å². The maximum absolute atomic E-state index is 11.9. The number of aromatic nitrogens is 1. The summed E-state index contributed by atoms with van der Waals surface area (Å²) in [7, 11) is 0. The van der Waals surface area contributed by atoms with Crippen LogP contribution in [0.3, 0.4) is 0 Å². The third-order valence-electron chi connectivity index (χ3n) is 3.38. The second-order valence-corrected chi connectivity index (χ2v) is 5.09. The molecule has 2 N–H and O–H groups in total. The first-order chi connectivity index (χ1) is 11.5. The number of azo groups is 1. The van der Waals surface area contributed by atoms with Crippen LogP contribution in [-0.4, -0.2) is 29.1 Å². The number of nitrogen functional groups attached to an aromatic ring is 1. The Morgan fingerprint density at radius 2 is 1.79 bits per heavy atom. The normalized spacial score (nSPS) is 10.8. The number of anilines is 1. The van der Waals surface area contributed by atoms with Crippen molar-refractivity contribution in [2.24, 2.45) is 10.2 Å². The monoisotopic (exact) mass is 327 g/mol. The van der Waals surface area contributed by atoms with Gasteiger partial charge in [-0.1, -0.05) is 0 Å². The second kappa shape index (κ2) is 8.05. The maximum Gasteiger partial charge on any atom is 0.415 e. The number of nitrogens with zero attached hydrogens (tertiary/aromatic N) is 4. The lowest BCUT2D eigenvalue weighted by molar-refractivity contribution is 0.157. The minimum atomic E-state index is -0.368. The van der Waals surface area contributed by atoms with E-state index in [0.717, 1.165) is 5.69 Å². The van der Waals surface area contributed by atoms with Crippen LogP contribution in [0.1, 0.15) is 19.5 Å². The van der Waals surface area contributed by atoms with Crippen molar-refractivity contribution in [2.75, 3.05) is 18.8 Å². The summed E-state index contributed by atoms with van der Waals surface area (Å²) < 4.78 is 5.29. The van der Waals surface area contributed by atoms with Crippen molar-refractivity contribution in [2.45, 2.75) is 20.8 Å². The van der Waals surface area contributed by atoms with Gasteiger partial charge in [-0.2, -0.15) is 5.11 Å². The smallest absolute Gasteiger partial charge is 0.410 e. The number of ether oxygens (including phenoxy) is 1. The van der Waals surface area contributed by atoms with Crippen LogP contribution in [0.15, 0.2) is 46.6 Å². The number of carbonyl (C=O) groups is 1. The van der Waals surface area contributed by atoms with Gasteiger partial charge in [-0.25, -0.2) is 9.78 Å². The van der Waals surface area contributed by atoms with Crippen molar-refractivity contribution < 1.29 is 9.53 Å². The summed E-state index contributed by atoms with van der Waals surface area (Å²) in [4.78, 5) is 17.6. The molecule has 24 heavy (non-hydrogen) atoms. The quantitative estimate of drug-likeness (QED) is 0.832. The molecule has 7 heteroatoms. The van der Waals surface area contributed by atoms with E-state index < -0.39 is 0 Å². The zero-order valence-electron chi connectivity index (χ0n) is 14.1. The molecule has 0 saturated heterocycles. The molecule has 0 aliphatic rings. The van der Waals surface area contributed by atoms with E-state index in [1.165, 1.54) is 0 Å². The molecule has 0 fully saturated rings. The summed E-state index contributed by atoms with van der Waals surface area (Å²) in [5, 5.41) is 8.19. The van der Waals surface area contributed by atoms with Crippen LogP contribution in [-0.2, 0) is 0 Å². The molecule has 0 saturated carbocycles. The van der Waals surface area contributed by atoms with Gasteiger partial charge in [-0.05, 0) is 57.2 Å². The number of amides is 1. The molecule has 7 nitrogen and oxygen atoms in total. The predicted octanol–water partition coefficient (Wildman–Crippen LogP) is 4.23. The highest BCUT2D eigenvalue weighted by Gasteiger charge is 2.11. The summed E-state index contributed by atoms with van der Waals surface area (Å²) >= 11 is 0. The van der Waals surface area contributed by atoms with Crippen molar-refractivity contribution in [3.05, 3.63) is 42.1 Å². The highest BCUT2D eigenvalue weighted by molar-refractivity contribution is 5.70. The van der Waals surface area contributed by atoms with E-state index in [2.05, 4.69) is 15.2 Å². The van der Waals surface area contributed by atoms with Crippen LogP contribution in [0, 0.1) is 6.92 Å². The number of hydrogen-bond donors (Lipinski definition) is 1. The molecule has 1 aromatic carbocycles. The minimum Gasteiger partial charge on any atom is -0.410 e. The van der Waals surface area contributed by atoms with E-state index >= 15 is 0 Å². The van der Waals surface area contributed by atoms with Gasteiger partial charge in [0.05, 0.1) is 5.69 Å². The van der Waals surface area contributed by atoms with Gasteiger partial charge in [0.2, 0.25) is 0 Å². The Kier molecular flexibility index (Phi) is 5.83. The summed E-state index contributed by atoms with van der Waals surface area (Å²) in [6.07, 6.45) is -0.368. The highest BCUT2D eigenvalue weighted by atomic mass is 16.6. The SMILES string of the molecule is CCN(CC)C(=O)Oc1ccc(/N=N/c2ccc(C)nc2N)cc1. The Balaban J connectivity index is 2.04. The first kappa shape index (κ1) is 17.4. The average Bonchev–Trinajstić information content (AvgIpc) is 2.56. The molecule has 1 heterocycles. The Hall–Kier alpha value is -2.96. The molecule has 0 radical (unpaired) electrons. The number of hydrogen-bond acceptors (Lipinski definition) is 6. The minimum absolute atomic E-state index is 0.337. The fourth-order valence-corrected chi connectivity index (χ4v) is 1.99. The first-order valence-corrected chi connectivity index (χ1v) is 7.75. The standard InChI is InChI=1S/C17H21N5O2/c1-4-22(5-2)17(23)24-14-9-7-13(8-10-14)20-21-15-11-6-12(3)19-16(15)18/h6-11H,4-5H2,1-3H3,(H2,18,19)/b21-20+. The van der Waals surface area contributed by atoms with Crippen molar-refractivity contribution in [3.8, 4) is 5.75 Å². The fraction of sp³-hybridized carbons (Fsp3) is 0.294. The number of rotatable bonds is 5. The van der Waals surface area contributed by atoms with Crippen LogP contribution in [0.2, 0.25) is 0 Å². The third-order valence-corrected chi connectivity index (χ3v) is 3.38. The Bertz CT molecular complexity index is 724. The average molecular weight is 327 g/mol. The van der Waals surface area contributed by atoms with Crippen molar-refractivity contribution >= 4 is 23.3 Å². The largest absolute Gasteiger partial charge is 0.415 e. The molecular weight excluding hydrogens is 306 g/mol. The van der Waals surface area contributed by atoms with Gasteiger partial charge in [0.1, 0.15) is 11.4 Å². The fourth-order valence-electron chi connectivity index (χ4n) is 1.99. The molecule has 0 bridgehead atoms. The molecule has 1 amide bonds. The van der Waals surface area contributed by atoms with Crippen LogP contribution in [0.5, 0.6) is 5.75 Å². The first-order valence-electron chi connectivity index (χ1n) is 7.75. The Morgan fingerprint density at radius 3 is 2.38 bits per heavy atom. The number of benzene rings is 1. The van der Waals surface area contributed by atoms with Crippen LogP contribution < -0.4 is 10.5 Å². The Morgan fingerprint density at radius 1 is 1.12 bits per heavy atom. The molecule has 126 valence electrons. The molecule has 1 aromatic heterocycles. The number of nitrogens with two attached hydrogens (primary N) is 1. The third kappa shape index (κ3) is 4.52. The number of pyridine rings is 1. The van der Waals surface area contributed by atoms with Gasteiger partial charge in [-0.15, -0.1) is 5.11 Å². The molecule has 0 atom stereocenters. The van der Waals surface area contributed by atoms with E-state index in [9.17, 15) is 4.79 Å². The molecule has 0 aliphatic heterocycles. The van der Waals surface area contributed by atoms with Crippen LogP contribution >= 0.6 is 0 Å². The van der Waals surface area contributed by atoms with Gasteiger partial charge < -0.3 is 15.4 Å². The van der Waals surface area contributed by atoms with E-state index in [1.54, 1.807) is 35.2 Å². The van der Waals surface area contributed by atoms with Crippen molar-refractivity contribution in [1.82, 2.24) is 9.88 Å². The highest BCUT2D eigenvalue weighted by Crippen LogP contribution is 2.24. The van der Waals surface area contributed by atoms with Gasteiger partial charge in [0.15, 0.2) is 5.82 Å². The Labute approximate surface area is 141 Å². The number of aryl methyl sites for hydroxylation is 1. The topological polar surface area (TPSA) is 93.2 Å². The van der Waals surface area contributed by atoms with Gasteiger partial charge in [0.25, 0.3) is 0 Å². The van der Waals surface area contributed by atoms with Crippen LogP contribution in [0.25, 0.3) is 0 Å². The summed E-state index contributed by atoms with van der Waals surface area (Å²) in [6, 6.07) is 10.4. The van der Waals surface area contributed by atoms with E-state index in [0.29, 0.717) is 36.0 Å². The lowest BCUT2D eigenvalue weighted by Crippen LogP contribution is -2.33. The lowest BCUT2D eigenvalue weighted by Gasteiger charge is -2.17. The van der Waals surface area contributed by atoms with E-state index in [1.807, 2.05) is 26.8 Å². The zero-order valence-corrected chi connectivity index (χ0v) is 14.1. The molecule has 0 spiro atoms. The zero-order chi connectivity index (χ0) is 17.5. The molecule has 2 rings (SSSR count). The molecule has 0 unspecified atom stereocenters. The van der Waals surface area contributed by atoms with Crippen LogP contribution in [0.4, 0.5) is 22.0 Å².